The summed E-state index contributed by atoms with van der Waals surface area (Å²) in [5.74, 6) is -0.0819. The van der Waals surface area contributed by atoms with Crippen molar-refractivity contribution in [3.05, 3.63) is 24.4 Å². The topological polar surface area (TPSA) is 55.2 Å². The smallest absolute Gasteiger partial charge is 0.320 e. The zero-order chi connectivity index (χ0) is 8.97. The van der Waals surface area contributed by atoms with Gasteiger partial charge in [-0.05, 0) is 6.92 Å². The van der Waals surface area contributed by atoms with E-state index in [1.54, 1.807) is 13.0 Å². The first-order chi connectivity index (χ1) is 5.72. The quantitative estimate of drug-likeness (QED) is 0.682. The molecule has 0 saturated carbocycles. The third-order valence-corrected chi connectivity index (χ3v) is 1.15. The SMILES string of the molecule is C=CCOc1nc(C)cc(O)n1. The van der Waals surface area contributed by atoms with Gasteiger partial charge in [-0.1, -0.05) is 12.7 Å². The van der Waals surface area contributed by atoms with Crippen LogP contribution in [0.3, 0.4) is 0 Å². The Balaban J connectivity index is 2.78. The van der Waals surface area contributed by atoms with Crippen LogP contribution in [0.2, 0.25) is 0 Å². The molecule has 0 unspecified atom stereocenters. The van der Waals surface area contributed by atoms with E-state index >= 15 is 0 Å². The molecule has 0 atom stereocenters. The molecule has 4 heteroatoms. The number of aromatic hydroxyl groups is 1. The van der Waals surface area contributed by atoms with E-state index in [1.165, 1.54) is 6.07 Å². The maximum absolute atomic E-state index is 9.04. The predicted molar refractivity (Wildman–Crippen MR) is 44.1 cm³/mol. The van der Waals surface area contributed by atoms with Gasteiger partial charge in [0.05, 0.1) is 0 Å². The summed E-state index contributed by atoms with van der Waals surface area (Å²) in [4.78, 5) is 7.58. The van der Waals surface area contributed by atoms with Crippen LogP contribution in [0.1, 0.15) is 5.69 Å². The molecule has 0 aliphatic carbocycles. The van der Waals surface area contributed by atoms with E-state index in [2.05, 4.69) is 16.5 Å². The molecule has 0 radical (unpaired) electrons. The van der Waals surface area contributed by atoms with Gasteiger partial charge in [-0.25, -0.2) is 4.98 Å². The molecule has 0 spiro atoms. The summed E-state index contributed by atoms with van der Waals surface area (Å²) in [6.07, 6.45) is 1.59. The summed E-state index contributed by atoms with van der Waals surface area (Å²) in [6.45, 7) is 5.57. The molecular weight excluding hydrogens is 156 g/mol. The van der Waals surface area contributed by atoms with Gasteiger partial charge in [0.15, 0.2) is 0 Å². The molecule has 1 aromatic rings. The second-order valence-electron chi connectivity index (χ2n) is 2.25. The number of hydrogen-bond donors (Lipinski definition) is 1. The standard InChI is InChI=1S/C8H10N2O2/c1-3-4-12-8-9-6(2)5-7(11)10-8/h3,5H,1,4H2,2H3,(H,9,10,11). The minimum absolute atomic E-state index is 0.0819. The lowest BCUT2D eigenvalue weighted by molar-refractivity contribution is 0.323. The molecule has 1 N–H and O–H groups in total. The van der Waals surface area contributed by atoms with Gasteiger partial charge < -0.3 is 9.84 Å². The van der Waals surface area contributed by atoms with Crippen molar-refractivity contribution in [1.29, 1.82) is 0 Å². The third-order valence-electron chi connectivity index (χ3n) is 1.15. The second-order valence-corrected chi connectivity index (χ2v) is 2.25. The van der Waals surface area contributed by atoms with Crippen LogP contribution in [0.4, 0.5) is 0 Å². The summed E-state index contributed by atoms with van der Waals surface area (Å²) in [6, 6.07) is 1.63. The molecule has 0 bridgehead atoms. The van der Waals surface area contributed by atoms with Gasteiger partial charge in [0.2, 0.25) is 5.88 Å². The Kier molecular flexibility index (Phi) is 2.63. The van der Waals surface area contributed by atoms with Crippen molar-refractivity contribution in [2.75, 3.05) is 6.61 Å². The highest BCUT2D eigenvalue weighted by molar-refractivity contribution is 5.15. The Labute approximate surface area is 70.5 Å². The normalized spacial score (nSPS) is 9.42. The molecule has 0 amide bonds. The van der Waals surface area contributed by atoms with Crippen molar-refractivity contribution in [2.45, 2.75) is 6.92 Å². The molecule has 1 rings (SSSR count). The van der Waals surface area contributed by atoms with E-state index in [0.29, 0.717) is 12.3 Å². The van der Waals surface area contributed by atoms with E-state index in [4.69, 9.17) is 9.84 Å². The van der Waals surface area contributed by atoms with E-state index in [-0.39, 0.29) is 11.9 Å². The molecule has 0 fully saturated rings. The number of ether oxygens (including phenoxy) is 1. The van der Waals surface area contributed by atoms with E-state index < -0.39 is 0 Å². The highest BCUT2D eigenvalue weighted by Gasteiger charge is 1.99. The van der Waals surface area contributed by atoms with Gasteiger partial charge in [-0.2, -0.15) is 4.98 Å². The maximum atomic E-state index is 9.04. The highest BCUT2D eigenvalue weighted by atomic mass is 16.5. The fourth-order valence-corrected chi connectivity index (χ4v) is 0.723. The lowest BCUT2D eigenvalue weighted by Crippen LogP contribution is -1.98. The highest BCUT2D eigenvalue weighted by Crippen LogP contribution is 2.10. The Bertz CT molecular complexity index is 266. The van der Waals surface area contributed by atoms with Crippen LogP contribution in [-0.2, 0) is 0 Å². The lowest BCUT2D eigenvalue weighted by atomic mass is 10.4. The zero-order valence-corrected chi connectivity index (χ0v) is 6.82. The van der Waals surface area contributed by atoms with Crippen LogP contribution in [0.5, 0.6) is 11.9 Å². The first-order valence-corrected chi connectivity index (χ1v) is 3.50. The number of rotatable bonds is 3. The number of hydrogen-bond acceptors (Lipinski definition) is 4. The van der Waals surface area contributed by atoms with Crippen LogP contribution >= 0.6 is 0 Å². The molecular formula is C8H10N2O2. The summed E-state index contributed by atoms with van der Waals surface area (Å²) in [7, 11) is 0. The van der Waals surface area contributed by atoms with Crippen LogP contribution in [0, 0.1) is 6.92 Å². The van der Waals surface area contributed by atoms with Gasteiger partial charge in [0.25, 0.3) is 0 Å². The van der Waals surface area contributed by atoms with Gasteiger partial charge in [-0.15, -0.1) is 0 Å². The van der Waals surface area contributed by atoms with E-state index in [1.807, 2.05) is 0 Å². The maximum Gasteiger partial charge on any atom is 0.320 e. The van der Waals surface area contributed by atoms with E-state index in [0.717, 1.165) is 0 Å². The Morgan fingerprint density at radius 1 is 1.67 bits per heavy atom. The molecule has 1 heterocycles. The summed E-state index contributed by atoms with van der Waals surface area (Å²) >= 11 is 0. The van der Waals surface area contributed by atoms with Crippen molar-refractivity contribution < 1.29 is 9.84 Å². The third kappa shape index (κ3) is 2.23. The monoisotopic (exact) mass is 166 g/mol. The van der Waals surface area contributed by atoms with Gasteiger partial charge in [0, 0.05) is 11.8 Å². The molecule has 0 saturated heterocycles. The zero-order valence-electron chi connectivity index (χ0n) is 6.82. The number of aromatic nitrogens is 2. The largest absolute Gasteiger partial charge is 0.493 e. The second kappa shape index (κ2) is 3.71. The van der Waals surface area contributed by atoms with Crippen molar-refractivity contribution >= 4 is 0 Å². The summed E-state index contributed by atoms with van der Waals surface area (Å²) < 4.78 is 5.02. The first kappa shape index (κ1) is 8.52. The average Bonchev–Trinajstić information content (AvgIpc) is 1.99. The van der Waals surface area contributed by atoms with Crippen LogP contribution in [0.25, 0.3) is 0 Å². The van der Waals surface area contributed by atoms with Gasteiger partial charge >= 0.3 is 6.01 Å². The van der Waals surface area contributed by atoms with Crippen molar-refractivity contribution in [2.24, 2.45) is 0 Å². The first-order valence-electron chi connectivity index (χ1n) is 3.50. The van der Waals surface area contributed by atoms with Crippen LogP contribution in [-0.4, -0.2) is 21.7 Å². The summed E-state index contributed by atoms with van der Waals surface area (Å²) in [5, 5.41) is 9.04. The average molecular weight is 166 g/mol. The molecule has 4 nitrogen and oxygen atoms in total. The number of aryl methyl sites for hydroxylation is 1. The Morgan fingerprint density at radius 2 is 2.42 bits per heavy atom. The molecule has 1 aromatic heterocycles. The molecule has 12 heavy (non-hydrogen) atoms. The van der Waals surface area contributed by atoms with Crippen LogP contribution in [0.15, 0.2) is 18.7 Å². The molecule has 0 aliphatic heterocycles. The minimum Gasteiger partial charge on any atom is -0.493 e. The predicted octanol–water partition coefficient (Wildman–Crippen LogP) is 1.06. The fraction of sp³-hybridized carbons (Fsp3) is 0.250. The van der Waals surface area contributed by atoms with Crippen molar-refractivity contribution in [3.63, 3.8) is 0 Å². The van der Waals surface area contributed by atoms with Crippen molar-refractivity contribution in [1.82, 2.24) is 9.97 Å². The Hall–Kier alpha value is -1.58. The summed E-state index contributed by atoms with van der Waals surface area (Å²) in [5.41, 5.74) is 0.668. The Morgan fingerprint density at radius 3 is 3.00 bits per heavy atom. The van der Waals surface area contributed by atoms with Gasteiger partial charge in [0.1, 0.15) is 6.61 Å². The molecule has 64 valence electrons. The minimum atomic E-state index is -0.0819. The fourth-order valence-electron chi connectivity index (χ4n) is 0.723. The lowest BCUT2D eigenvalue weighted by Gasteiger charge is -2.01. The number of nitrogens with zero attached hydrogens (tertiary/aromatic N) is 2. The van der Waals surface area contributed by atoms with Crippen molar-refractivity contribution in [3.8, 4) is 11.9 Å². The van der Waals surface area contributed by atoms with Crippen LogP contribution < -0.4 is 4.74 Å². The molecule has 0 aromatic carbocycles. The van der Waals surface area contributed by atoms with Gasteiger partial charge in [-0.3, -0.25) is 0 Å². The van der Waals surface area contributed by atoms with E-state index in [9.17, 15) is 0 Å². The molecule has 0 aliphatic rings.